The molecule has 0 bridgehead atoms. The van der Waals surface area contributed by atoms with E-state index in [9.17, 15) is 9.59 Å². The Hall–Kier alpha value is -2.96. The van der Waals surface area contributed by atoms with Crippen molar-refractivity contribution >= 4 is 17.7 Å². The van der Waals surface area contributed by atoms with Crippen molar-refractivity contribution in [3.05, 3.63) is 53.1 Å². The van der Waals surface area contributed by atoms with Gasteiger partial charge in [-0.3, -0.25) is 4.79 Å². The van der Waals surface area contributed by atoms with Gasteiger partial charge in [0.25, 0.3) is 5.91 Å². The summed E-state index contributed by atoms with van der Waals surface area (Å²) in [5, 5.41) is 5.55. The minimum Gasteiger partial charge on any atom is -0.438 e. The normalized spacial score (nSPS) is 21.9. The van der Waals surface area contributed by atoms with Gasteiger partial charge in [0.1, 0.15) is 17.1 Å². The number of nitrogens with one attached hydrogen (secondary N) is 2. The van der Waals surface area contributed by atoms with Crippen LogP contribution in [-0.4, -0.2) is 28.5 Å². The van der Waals surface area contributed by atoms with E-state index in [1.165, 1.54) is 0 Å². The van der Waals surface area contributed by atoms with Crippen LogP contribution in [0.3, 0.4) is 0 Å². The predicted molar refractivity (Wildman–Crippen MR) is 99.6 cm³/mol. The average Bonchev–Trinajstić information content (AvgIpc) is 3.46. The zero-order chi connectivity index (χ0) is 19.0. The highest BCUT2D eigenvalue weighted by molar-refractivity contribution is 6.03. The summed E-state index contributed by atoms with van der Waals surface area (Å²) in [5.74, 6) is 0.865. The van der Waals surface area contributed by atoms with Crippen LogP contribution in [0.2, 0.25) is 0 Å². The van der Waals surface area contributed by atoms with E-state index >= 15 is 0 Å². The number of cyclic esters (lactones) is 1. The largest absolute Gasteiger partial charge is 0.438 e. The SMILES string of the molecule is Cc1cc(C(=O)Nc2cccc([C@@]3(C)CCNC(=O)O3)c2)nc(C2CC2)n1. The van der Waals surface area contributed by atoms with Crippen LogP contribution in [0.15, 0.2) is 30.3 Å². The molecule has 1 atom stereocenters. The summed E-state index contributed by atoms with van der Waals surface area (Å²) < 4.78 is 5.49. The minimum absolute atomic E-state index is 0.271. The molecule has 0 unspecified atom stereocenters. The number of ether oxygens (including phenoxy) is 1. The van der Waals surface area contributed by atoms with E-state index in [1.54, 1.807) is 6.07 Å². The standard InChI is InChI=1S/C20H22N4O3/c1-12-10-16(24-17(22-12)13-6-7-13)18(25)23-15-5-3-4-14(11-15)20(2)8-9-21-19(26)27-20/h3-5,10-11,13H,6-9H2,1-2H3,(H,21,26)(H,23,25)/t20-/m1/s1. The third-order valence-electron chi connectivity index (χ3n) is 4.97. The first-order chi connectivity index (χ1) is 12.9. The second-order valence-corrected chi connectivity index (χ2v) is 7.36. The molecule has 1 aromatic heterocycles. The van der Waals surface area contributed by atoms with Gasteiger partial charge >= 0.3 is 6.09 Å². The van der Waals surface area contributed by atoms with E-state index in [4.69, 9.17) is 4.74 Å². The number of rotatable bonds is 4. The van der Waals surface area contributed by atoms with Crippen molar-refractivity contribution in [2.45, 2.75) is 44.6 Å². The number of aromatic nitrogens is 2. The van der Waals surface area contributed by atoms with Crippen LogP contribution in [0, 0.1) is 6.92 Å². The van der Waals surface area contributed by atoms with Crippen LogP contribution in [-0.2, 0) is 10.3 Å². The molecule has 140 valence electrons. The lowest BCUT2D eigenvalue weighted by Crippen LogP contribution is -2.43. The summed E-state index contributed by atoms with van der Waals surface area (Å²) in [7, 11) is 0. The Morgan fingerprint density at radius 2 is 2.11 bits per heavy atom. The van der Waals surface area contributed by atoms with Crippen molar-refractivity contribution in [1.29, 1.82) is 0 Å². The number of amides is 2. The Morgan fingerprint density at radius 3 is 2.85 bits per heavy atom. The van der Waals surface area contributed by atoms with E-state index in [0.29, 0.717) is 30.3 Å². The van der Waals surface area contributed by atoms with Crippen LogP contribution in [0.5, 0.6) is 0 Å². The number of carbonyl (C=O) groups is 2. The van der Waals surface area contributed by atoms with Crippen LogP contribution in [0.1, 0.15) is 59.7 Å². The fourth-order valence-electron chi connectivity index (χ4n) is 3.25. The van der Waals surface area contributed by atoms with E-state index in [2.05, 4.69) is 20.6 Å². The molecule has 0 radical (unpaired) electrons. The Kier molecular flexibility index (Phi) is 4.30. The maximum absolute atomic E-state index is 12.7. The third kappa shape index (κ3) is 3.77. The molecule has 7 nitrogen and oxygen atoms in total. The first-order valence-corrected chi connectivity index (χ1v) is 9.17. The average molecular weight is 366 g/mol. The molecule has 1 aliphatic carbocycles. The van der Waals surface area contributed by atoms with Gasteiger partial charge in [-0.15, -0.1) is 0 Å². The summed E-state index contributed by atoms with van der Waals surface area (Å²) in [6, 6.07) is 9.08. The lowest BCUT2D eigenvalue weighted by atomic mass is 9.91. The summed E-state index contributed by atoms with van der Waals surface area (Å²) in [4.78, 5) is 33.1. The van der Waals surface area contributed by atoms with Crippen LogP contribution in [0.4, 0.5) is 10.5 Å². The third-order valence-corrected chi connectivity index (χ3v) is 4.97. The quantitative estimate of drug-likeness (QED) is 0.866. The van der Waals surface area contributed by atoms with E-state index in [0.717, 1.165) is 29.9 Å². The van der Waals surface area contributed by atoms with Gasteiger partial charge in [0.15, 0.2) is 0 Å². The number of benzene rings is 1. The van der Waals surface area contributed by atoms with Crippen LogP contribution >= 0.6 is 0 Å². The van der Waals surface area contributed by atoms with Gasteiger partial charge < -0.3 is 15.4 Å². The van der Waals surface area contributed by atoms with Gasteiger partial charge in [0.05, 0.1) is 0 Å². The lowest BCUT2D eigenvalue weighted by Gasteiger charge is -2.34. The molecular weight excluding hydrogens is 344 g/mol. The number of alkyl carbamates (subject to hydrolysis) is 1. The van der Waals surface area contributed by atoms with Gasteiger partial charge in [-0.1, -0.05) is 12.1 Å². The molecular formula is C20H22N4O3. The fraction of sp³-hybridized carbons (Fsp3) is 0.400. The zero-order valence-corrected chi connectivity index (χ0v) is 15.4. The molecule has 1 aliphatic heterocycles. The van der Waals surface area contributed by atoms with Crippen molar-refractivity contribution in [3.8, 4) is 0 Å². The molecule has 2 N–H and O–H groups in total. The molecule has 1 aromatic carbocycles. The minimum atomic E-state index is -0.715. The monoisotopic (exact) mass is 366 g/mol. The molecule has 2 fully saturated rings. The van der Waals surface area contributed by atoms with Crippen LogP contribution in [0.25, 0.3) is 0 Å². The second kappa shape index (κ2) is 6.64. The molecule has 2 aliphatic rings. The molecule has 7 heteroatoms. The molecule has 0 spiro atoms. The number of anilines is 1. The fourth-order valence-corrected chi connectivity index (χ4v) is 3.25. The molecule has 2 heterocycles. The van der Waals surface area contributed by atoms with Gasteiger partial charge in [0.2, 0.25) is 0 Å². The highest BCUT2D eigenvalue weighted by Gasteiger charge is 2.34. The Morgan fingerprint density at radius 1 is 1.30 bits per heavy atom. The Balaban J connectivity index is 1.55. The van der Waals surface area contributed by atoms with Gasteiger partial charge in [-0.2, -0.15) is 0 Å². The number of carbonyl (C=O) groups excluding carboxylic acids is 2. The van der Waals surface area contributed by atoms with E-state index in [1.807, 2.05) is 38.1 Å². The summed E-state index contributed by atoms with van der Waals surface area (Å²) >= 11 is 0. The van der Waals surface area contributed by atoms with E-state index < -0.39 is 11.7 Å². The number of hydrogen-bond donors (Lipinski definition) is 2. The first kappa shape index (κ1) is 17.5. The maximum atomic E-state index is 12.7. The van der Waals surface area contributed by atoms with E-state index in [-0.39, 0.29) is 5.91 Å². The molecule has 4 rings (SSSR count). The van der Waals surface area contributed by atoms with Crippen molar-refractivity contribution in [3.63, 3.8) is 0 Å². The predicted octanol–water partition coefficient (Wildman–Crippen LogP) is 3.26. The van der Waals surface area contributed by atoms with Crippen molar-refractivity contribution in [1.82, 2.24) is 15.3 Å². The van der Waals surface area contributed by atoms with Crippen LogP contribution < -0.4 is 10.6 Å². The summed E-state index contributed by atoms with van der Waals surface area (Å²) in [6.07, 6.45) is 2.39. The zero-order valence-electron chi connectivity index (χ0n) is 15.4. The molecule has 1 saturated heterocycles. The van der Waals surface area contributed by atoms with Gasteiger partial charge in [-0.05, 0) is 50.5 Å². The number of aryl methyl sites for hydroxylation is 1. The Bertz CT molecular complexity index is 910. The van der Waals surface area contributed by atoms with Gasteiger partial charge in [0, 0.05) is 30.3 Å². The maximum Gasteiger partial charge on any atom is 0.408 e. The molecule has 27 heavy (non-hydrogen) atoms. The van der Waals surface area contributed by atoms with Crippen molar-refractivity contribution in [2.75, 3.05) is 11.9 Å². The van der Waals surface area contributed by atoms with Crippen molar-refractivity contribution < 1.29 is 14.3 Å². The number of hydrogen-bond acceptors (Lipinski definition) is 5. The Labute approximate surface area is 157 Å². The molecule has 2 aromatic rings. The number of nitrogens with zero attached hydrogens (tertiary/aromatic N) is 2. The second-order valence-electron chi connectivity index (χ2n) is 7.36. The summed E-state index contributed by atoms with van der Waals surface area (Å²) in [6.45, 7) is 4.30. The topological polar surface area (TPSA) is 93.2 Å². The smallest absolute Gasteiger partial charge is 0.408 e. The van der Waals surface area contributed by atoms with Crippen molar-refractivity contribution in [2.24, 2.45) is 0 Å². The molecule has 2 amide bonds. The lowest BCUT2D eigenvalue weighted by molar-refractivity contribution is -0.00272. The van der Waals surface area contributed by atoms with Gasteiger partial charge in [-0.25, -0.2) is 14.8 Å². The summed E-state index contributed by atoms with van der Waals surface area (Å²) in [5.41, 5.74) is 1.92. The highest BCUT2D eigenvalue weighted by Crippen LogP contribution is 2.38. The highest BCUT2D eigenvalue weighted by atomic mass is 16.6. The molecule has 1 saturated carbocycles. The first-order valence-electron chi connectivity index (χ1n) is 9.17.